The summed E-state index contributed by atoms with van der Waals surface area (Å²) in [5.41, 5.74) is 8.78. The van der Waals surface area contributed by atoms with E-state index < -0.39 is 0 Å². The third-order valence-electron chi connectivity index (χ3n) is 13.4. The van der Waals surface area contributed by atoms with E-state index in [-0.39, 0.29) is 0 Å². The Balaban J connectivity index is 0.984. The van der Waals surface area contributed by atoms with Crippen molar-refractivity contribution in [3.8, 4) is 56.4 Å². The first-order valence-corrected chi connectivity index (χ1v) is 22.1. The smallest absolute Gasteiger partial charge is 0.164 e. The molecule has 0 N–H and O–H groups in total. The van der Waals surface area contributed by atoms with Crippen LogP contribution in [0.3, 0.4) is 0 Å². The van der Waals surface area contributed by atoms with E-state index in [9.17, 15) is 0 Å². The van der Waals surface area contributed by atoms with E-state index in [2.05, 4.69) is 164 Å². The molecule has 4 heteroatoms. The van der Waals surface area contributed by atoms with E-state index in [1.165, 1.54) is 64.6 Å². The molecular formula is C61H35N3O. The number of nitrogens with zero attached hydrogens (tertiary/aromatic N) is 3. The van der Waals surface area contributed by atoms with Gasteiger partial charge in [-0.1, -0.05) is 182 Å². The monoisotopic (exact) mass is 825 g/mol. The van der Waals surface area contributed by atoms with Crippen LogP contribution in [0.4, 0.5) is 0 Å². The van der Waals surface area contributed by atoms with Crippen LogP contribution in [-0.2, 0) is 0 Å². The van der Waals surface area contributed by atoms with Crippen LogP contribution in [0.5, 0.6) is 0 Å². The molecule has 0 aliphatic rings. The molecule has 0 spiro atoms. The minimum absolute atomic E-state index is 0.593. The van der Waals surface area contributed by atoms with Crippen LogP contribution in [0.25, 0.3) is 143 Å². The quantitative estimate of drug-likeness (QED) is 0.162. The molecule has 0 fully saturated rings. The third-order valence-corrected chi connectivity index (χ3v) is 13.4. The van der Waals surface area contributed by atoms with Gasteiger partial charge in [0.1, 0.15) is 11.2 Å². The molecule has 0 saturated carbocycles. The van der Waals surface area contributed by atoms with Crippen molar-refractivity contribution in [1.29, 1.82) is 0 Å². The molecule has 0 unspecified atom stereocenters. The summed E-state index contributed by atoms with van der Waals surface area (Å²) in [5.74, 6) is 1.81. The van der Waals surface area contributed by atoms with Crippen molar-refractivity contribution in [1.82, 2.24) is 15.0 Å². The van der Waals surface area contributed by atoms with Gasteiger partial charge in [0, 0.05) is 27.5 Å². The van der Waals surface area contributed by atoms with Gasteiger partial charge in [-0.05, 0) is 117 Å². The van der Waals surface area contributed by atoms with Crippen LogP contribution in [0.15, 0.2) is 217 Å². The van der Waals surface area contributed by atoms with Crippen molar-refractivity contribution in [3.05, 3.63) is 212 Å². The van der Waals surface area contributed by atoms with E-state index >= 15 is 0 Å². The normalized spacial score (nSPS) is 12.0. The highest BCUT2D eigenvalue weighted by Gasteiger charge is 2.21. The van der Waals surface area contributed by atoms with Crippen LogP contribution in [0.1, 0.15) is 0 Å². The topological polar surface area (TPSA) is 51.8 Å². The van der Waals surface area contributed by atoms with E-state index in [4.69, 9.17) is 19.4 Å². The molecule has 0 amide bonds. The first-order valence-electron chi connectivity index (χ1n) is 22.1. The highest BCUT2D eigenvalue weighted by atomic mass is 16.3. The largest absolute Gasteiger partial charge is 0.456 e. The fraction of sp³-hybridized carbons (Fsp3) is 0. The predicted octanol–water partition coefficient (Wildman–Crippen LogP) is 16.5. The second kappa shape index (κ2) is 13.9. The van der Waals surface area contributed by atoms with Crippen LogP contribution in [-0.4, -0.2) is 15.0 Å². The summed E-state index contributed by atoms with van der Waals surface area (Å²) < 4.78 is 6.31. The summed E-state index contributed by atoms with van der Waals surface area (Å²) in [7, 11) is 0. The SMILES string of the molecule is c1ccc(-c2nc(-c3ccccc3-c3cccc(-c4cc5ccc6cccc7c8cccc9ccc%10cccc(c(c4)c5c67)c%10c98)c3)nc(-c3cccc4oc5ccccc5c34)n2)cc1. The third kappa shape index (κ3) is 5.47. The maximum Gasteiger partial charge on any atom is 0.164 e. The zero-order chi connectivity index (χ0) is 42.6. The Hall–Kier alpha value is -8.73. The van der Waals surface area contributed by atoms with Crippen molar-refractivity contribution in [2.24, 2.45) is 0 Å². The first-order chi connectivity index (χ1) is 32.2. The lowest BCUT2D eigenvalue weighted by molar-refractivity contribution is 0.669. The zero-order valence-electron chi connectivity index (χ0n) is 35.0. The molecule has 65 heavy (non-hydrogen) atoms. The first kappa shape index (κ1) is 35.8. The molecule has 4 nitrogen and oxygen atoms in total. The Labute approximate surface area is 373 Å². The maximum absolute atomic E-state index is 6.31. The van der Waals surface area contributed by atoms with Gasteiger partial charge in [-0.3, -0.25) is 0 Å². The highest BCUT2D eigenvalue weighted by Crippen LogP contribution is 2.45. The Bertz CT molecular complexity index is 4240. The van der Waals surface area contributed by atoms with Gasteiger partial charge in [-0.2, -0.15) is 0 Å². The van der Waals surface area contributed by atoms with Crippen molar-refractivity contribution >= 4 is 86.6 Å². The van der Waals surface area contributed by atoms with Crippen LogP contribution in [0.2, 0.25) is 0 Å². The van der Waals surface area contributed by atoms with Crippen LogP contribution < -0.4 is 0 Å². The van der Waals surface area contributed by atoms with Gasteiger partial charge >= 0.3 is 0 Å². The minimum Gasteiger partial charge on any atom is -0.456 e. The molecule has 0 saturated heterocycles. The molecule has 0 atom stereocenters. The standard InChI is InChI=1S/C61H35N3O/c1-2-13-39(14-3-1)59-62-60(64-61(63-59)50-26-12-28-53-58(50)49-22-6-7-27-52(49)65-53)48-21-5-4-20-44(48)41-19-8-18-40(33-41)43-34-42-32-31-38-16-10-24-46-45-23-9-15-36-29-30-37-17-11-25-47(56(37)54(36)45)51(35-43)57(42)55(38)46/h1-35H. The van der Waals surface area contributed by atoms with Gasteiger partial charge < -0.3 is 4.42 Å². The number of hydrogen-bond donors (Lipinski definition) is 0. The fourth-order valence-electron chi connectivity index (χ4n) is 10.5. The van der Waals surface area contributed by atoms with Gasteiger partial charge in [0.15, 0.2) is 17.5 Å². The van der Waals surface area contributed by atoms with Gasteiger partial charge in [0.2, 0.25) is 0 Å². The van der Waals surface area contributed by atoms with E-state index in [0.717, 1.165) is 60.9 Å². The van der Waals surface area contributed by atoms with Crippen molar-refractivity contribution < 1.29 is 4.42 Å². The molecule has 0 aliphatic carbocycles. The summed E-state index contributed by atoms with van der Waals surface area (Å²) in [4.78, 5) is 15.6. The van der Waals surface area contributed by atoms with Crippen molar-refractivity contribution in [3.63, 3.8) is 0 Å². The number of rotatable bonds is 5. The Morgan fingerprint density at radius 1 is 0.246 bits per heavy atom. The number of hydrogen-bond acceptors (Lipinski definition) is 4. The lowest BCUT2D eigenvalue weighted by Gasteiger charge is -2.17. The lowest BCUT2D eigenvalue weighted by Crippen LogP contribution is -2.01. The average molecular weight is 826 g/mol. The molecular weight excluding hydrogens is 791 g/mol. The summed E-state index contributed by atoms with van der Waals surface area (Å²) in [6, 6.07) is 76.0. The maximum atomic E-state index is 6.31. The Kier molecular flexibility index (Phi) is 7.65. The molecule has 2 heterocycles. The summed E-state index contributed by atoms with van der Waals surface area (Å²) in [6.45, 7) is 0. The van der Waals surface area contributed by atoms with Gasteiger partial charge in [0.05, 0.1) is 0 Å². The average Bonchev–Trinajstić information content (AvgIpc) is 3.76. The molecule has 14 aromatic rings. The molecule has 2 aromatic heterocycles. The summed E-state index contributed by atoms with van der Waals surface area (Å²) in [5, 5.41) is 17.3. The molecule has 300 valence electrons. The van der Waals surface area contributed by atoms with Crippen LogP contribution in [0, 0.1) is 0 Å². The molecule has 0 aliphatic heterocycles. The number of para-hydroxylation sites is 1. The van der Waals surface area contributed by atoms with E-state index in [1.807, 2.05) is 48.5 Å². The molecule has 14 rings (SSSR count). The lowest BCUT2D eigenvalue weighted by atomic mass is 9.86. The number of benzene rings is 11. The van der Waals surface area contributed by atoms with Gasteiger partial charge in [-0.15, -0.1) is 0 Å². The fourth-order valence-corrected chi connectivity index (χ4v) is 10.5. The molecule has 12 aromatic carbocycles. The van der Waals surface area contributed by atoms with Crippen LogP contribution >= 0.6 is 0 Å². The van der Waals surface area contributed by atoms with Gasteiger partial charge in [-0.25, -0.2) is 15.0 Å². The number of aromatic nitrogens is 3. The molecule has 0 bridgehead atoms. The summed E-state index contributed by atoms with van der Waals surface area (Å²) in [6.07, 6.45) is 0. The summed E-state index contributed by atoms with van der Waals surface area (Å²) >= 11 is 0. The van der Waals surface area contributed by atoms with E-state index in [1.54, 1.807) is 0 Å². The van der Waals surface area contributed by atoms with E-state index in [0.29, 0.717) is 17.5 Å². The number of fused-ring (bicyclic) bond motifs is 5. The number of furan rings is 1. The van der Waals surface area contributed by atoms with Crippen molar-refractivity contribution in [2.75, 3.05) is 0 Å². The zero-order valence-corrected chi connectivity index (χ0v) is 35.0. The Morgan fingerprint density at radius 2 is 0.738 bits per heavy atom. The predicted molar refractivity (Wildman–Crippen MR) is 271 cm³/mol. The van der Waals surface area contributed by atoms with Crippen molar-refractivity contribution in [2.45, 2.75) is 0 Å². The minimum atomic E-state index is 0.593. The molecule has 0 radical (unpaired) electrons. The highest BCUT2D eigenvalue weighted by molar-refractivity contribution is 6.37. The Morgan fingerprint density at radius 3 is 1.48 bits per heavy atom. The second-order valence-electron chi connectivity index (χ2n) is 17.0. The second-order valence-corrected chi connectivity index (χ2v) is 17.0. The van der Waals surface area contributed by atoms with Gasteiger partial charge in [0.25, 0.3) is 0 Å².